The summed E-state index contributed by atoms with van der Waals surface area (Å²) in [6, 6.07) is 0. The third-order valence-electron chi connectivity index (χ3n) is 11.5. The summed E-state index contributed by atoms with van der Waals surface area (Å²) in [4.78, 5) is 38.2. The highest BCUT2D eigenvalue weighted by atomic mass is 16.6. The Kier molecular flexibility index (Phi) is 56.1. The first-order chi connectivity index (χ1) is 36.5. The summed E-state index contributed by atoms with van der Waals surface area (Å²) in [5.74, 6) is -0.995. The van der Waals surface area contributed by atoms with Gasteiger partial charge in [0.25, 0.3) is 0 Å². The van der Waals surface area contributed by atoms with Crippen LogP contribution in [-0.2, 0) is 28.6 Å². The van der Waals surface area contributed by atoms with E-state index in [4.69, 9.17) is 14.2 Å². The minimum Gasteiger partial charge on any atom is -0.462 e. The van der Waals surface area contributed by atoms with Crippen LogP contribution in [0.15, 0.2) is 170 Å². The highest BCUT2D eigenvalue weighted by Crippen LogP contribution is 2.13. The average Bonchev–Trinajstić information content (AvgIpc) is 3.40. The zero-order valence-electron chi connectivity index (χ0n) is 47.0. The van der Waals surface area contributed by atoms with E-state index in [1.807, 2.05) is 36.5 Å². The van der Waals surface area contributed by atoms with Crippen LogP contribution in [0.5, 0.6) is 0 Å². The average molecular weight is 1020 g/mol. The number of esters is 3. The summed E-state index contributed by atoms with van der Waals surface area (Å²) in [6.45, 7) is 6.25. The Balaban J connectivity index is 4.58. The van der Waals surface area contributed by atoms with Crippen molar-refractivity contribution in [1.82, 2.24) is 0 Å². The van der Waals surface area contributed by atoms with Crippen molar-refractivity contribution in [1.29, 1.82) is 0 Å². The monoisotopic (exact) mass is 1020 g/mol. The van der Waals surface area contributed by atoms with E-state index in [1.54, 1.807) is 0 Å². The van der Waals surface area contributed by atoms with E-state index in [9.17, 15) is 14.4 Å². The van der Waals surface area contributed by atoms with Crippen LogP contribution in [0.1, 0.15) is 220 Å². The van der Waals surface area contributed by atoms with Crippen LogP contribution in [0, 0.1) is 0 Å². The maximum Gasteiger partial charge on any atom is 0.306 e. The van der Waals surface area contributed by atoms with Gasteiger partial charge in [-0.1, -0.05) is 249 Å². The lowest BCUT2D eigenvalue weighted by Crippen LogP contribution is -2.30. The molecular weight excluding hydrogens is 913 g/mol. The van der Waals surface area contributed by atoms with Crippen LogP contribution in [0.4, 0.5) is 0 Å². The largest absolute Gasteiger partial charge is 0.462 e. The van der Waals surface area contributed by atoms with Gasteiger partial charge in [-0.2, -0.15) is 0 Å². The van der Waals surface area contributed by atoms with Gasteiger partial charge in [-0.3, -0.25) is 14.4 Å². The molecule has 0 bridgehead atoms. The molecule has 0 aliphatic rings. The predicted molar refractivity (Wildman–Crippen MR) is 320 cm³/mol. The summed E-state index contributed by atoms with van der Waals surface area (Å²) in [6.07, 6.45) is 89.0. The standard InChI is InChI=1S/C68H104O6/c1-4-7-10-13-16-19-22-25-28-31-34-37-40-43-46-49-52-55-58-61-67(70)73-64-65(63-72-66(69)60-57-54-51-48-45-42-39-36-33-30-27-24-21-18-15-12-9-6-3)74-68(71)62-59-56-53-50-47-44-41-38-35-32-29-26-23-20-17-14-11-8-5-2/h7-8,10-12,15-21,24-30,33-39,43,46,65H,4-6,9,13-14,22-23,31-32,40-42,44-45,47-64H2,1-3H3/b10-7-,11-8-,15-12-,19-16-,20-17-,21-18-,27-24-,28-25-,29-26-,33-30-,37-34-,38-35-,39-36-,46-43-. The lowest BCUT2D eigenvalue weighted by atomic mass is 10.1. The molecule has 6 heteroatoms. The van der Waals surface area contributed by atoms with Crippen LogP contribution >= 0.6 is 0 Å². The lowest BCUT2D eigenvalue weighted by molar-refractivity contribution is -0.167. The van der Waals surface area contributed by atoms with Crippen molar-refractivity contribution >= 4 is 17.9 Å². The van der Waals surface area contributed by atoms with Gasteiger partial charge in [-0.25, -0.2) is 0 Å². The van der Waals surface area contributed by atoms with Gasteiger partial charge in [0.1, 0.15) is 13.2 Å². The number of ether oxygens (including phenoxy) is 3. The van der Waals surface area contributed by atoms with Crippen molar-refractivity contribution in [3.05, 3.63) is 170 Å². The molecule has 0 saturated carbocycles. The molecular formula is C68H104O6. The van der Waals surface area contributed by atoms with Crippen molar-refractivity contribution in [3.8, 4) is 0 Å². The molecule has 0 radical (unpaired) electrons. The number of allylic oxidation sites excluding steroid dienone is 28. The first-order valence-electron chi connectivity index (χ1n) is 29.2. The van der Waals surface area contributed by atoms with E-state index >= 15 is 0 Å². The van der Waals surface area contributed by atoms with Gasteiger partial charge >= 0.3 is 17.9 Å². The minimum absolute atomic E-state index is 0.117. The summed E-state index contributed by atoms with van der Waals surface area (Å²) in [7, 11) is 0. The molecule has 0 aromatic heterocycles. The Hall–Kier alpha value is -5.23. The van der Waals surface area contributed by atoms with E-state index in [0.717, 1.165) is 161 Å². The van der Waals surface area contributed by atoms with Gasteiger partial charge in [0.05, 0.1) is 0 Å². The van der Waals surface area contributed by atoms with Gasteiger partial charge in [0, 0.05) is 19.3 Å². The molecule has 1 unspecified atom stereocenters. The number of hydrogen-bond donors (Lipinski definition) is 0. The lowest BCUT2D eigenvalue weighted by Gasteiger charge is -2.18. The number of hydrogen-bond acceptors (Lipinski definition) is 6. The maximum atomic E-state index is 12.9. The highest BCUT2D eigenvalue weighted by Gasteiger charge is 2.19. The molecule has 74 heavy (non-hydrogen) atoms. The molecule has 6 nitrogen and oxygen atoms in total. The molecule has 0 saturated heterocycles. The predicted octanol–water partition coefficient (Wildman–Crippen LogP) is 19.9. The summed E-state index contributed by atoms with van der Waals surface area (Å²) in [5.41, 5.74) is 0. The number of unbranched alkanes of at least 4 members (excludes halogenated alkanes) is 15. The smallest absolute Gasteiger partial charge is 0.306 e. The summed E-state index contributed by atoms with van der Waals surface area (Å²) < 4.78 is 16.8. The zero-order valence-corrected chi connectivity index (χ0v) is 47.0. The molecule has 0 spiro atoms. The quantitative estimate of drug-likeness (QED) is 0.0199. The van der Waals surface area contributed by atoms with Gasteiger partial charge in [0.15, 0.2) is 6.10 Å². The summed E-state index contributed by atoms with van der Waals surface area (Å²) >= 11 is 0. The first kappa shape index (κ1) is 68.8. The SMILES string of the molecule is CC/C=C\C/C=C\C/C=C\C/C=C\C/C=C\CCCCCC(=O)OCC(COC(=O)CCCCCCC\C=C/C=C\C=C/C=C\C=C/CCC)OC(=O)CCCCCCCC/C=C\C/C=C\C/C=C\C/C=C\CC. The van der Waals surface area contributed by atoms with Crippen molar-refractivity contribution in [2.24, 2.45) is 0 Å². The van der Waals surface area contributed by atoms with E-state index in [1.165, 1.54) is 19.3 Å². The Morgan fingerprint density at radius 1 is 0.297 bits per heavy atom. The maximum absolute atomic E-state index is 12.9. The molecule has 0 aromatic carbocycles. The molecule has 0 N–H and O–H groups in total. The van der Waals surface area contributed by atoms with Gasteiger partial charge in [-0.15, -0.1) is 0 Å². The fraction of sp³-hybridized carbons (Fsp3) is 0.544. The molecule has 0 heterocycles. The molecule has 0 fully saturated rings. The van der Waals surface area contributed by atoms with Gasteiger partial charge in [-0.05, 0) is 122 Å². The molecule has 0 rings (SSSR count). The second-order valence-corrected chi connectivity index (χ2v) is 18.6. The van der Waals surface area contributed by atoms with Crippen LogP contribution < -0.4 is 0 Å². The van der Waals surface area contributed by atoms with Crippen molar-refractivity contribution < 1.29 is 28.6 Å². The normalized spacial score (nSPS) is 13.4. The molecule has 0 aromatic rings. The minimum atomic E-state index is -0.822. The zero-order chi connectivity index (χ0) is 53.6. The topological polar surface area (TPSA) is 78.9 Å². The molecule has 0 aliphatic heterocycles. The Morgan fingerprint density at radius 3 is 0.959 bits per heavy atom. The van der Waals surface area contributed by atoms with E-state index < -0.39 is 6.10 Å². The Labute approximate surface area is 453 Å². The van der Waals surface area contributed by atoms with Crippen LogP contribution in [0.3, 0.4) is 0 Å². The third kappa shape index (κ3) is 57.7. The second-order valence-electron chi connectivity index (χ2n) is 18.6. The Bertz CT molecular complexity index is 1740. The molecule has 0 amide bonds. The van der Waals surface area contributed by atoms with E-state index in [0.29, 0.717) is 12.8 Å². The van der Waals surface area contributed by atoms with Crippen LogP contribution in [0.25, 0.3) is 0 Å². The Morgan fingerprint density at radius 2 is 0.581 bits per heavy atom. The van der Waals surface area contributed by atoms with E-state index in [-0.39, 0.29) is 37.5 Å². The highest BCUT2D eigenvalue weighted by molar-refractivity contribution is 5.71. The molecule has 0 aliphatic carbocycles. The van der Waals surface area contributed by atoms with E-state index in [2.05, 4.69) is 154 Å². The van der Waals surface area contributed by atoms with Crippen molar-refractivity contribution in [3.63, 3.8) is 0 Å². The van der Waals surface area contributed by atoms with Crippen molar-refractivity contribution in [2.45, 2.75) is 226 Å². The van der Waals surface area contributed by atoms with Crippen LogP contribution in [0.2, 0.25) is 0 Å². The number of carbonyl (C=O) groups excluding carboxylic acids is 3. The molecule has 412 valence electrons. The molecule has 1 atom stereocenters. The number of carbonyl (C=O) groups is 3. The van der Waals surface area contributed by atoms with Gasteiger partial charge in [0.2, 0.25) is 0 Å². The number of rotatable bonds is 50. The van der Waals surface area contributed by atoms with Gasteiger partial charge < -0.3 is 14.2 Å². The fourth-order valence-corrected chi connectivity index (χ4v) is 7.25. The van der Waals surface area contributed by atoms with Crippen molar-refractivity contribution in [2.75, 3.05) is 13.2 Å². The third-order valence-corrected chi connectivity index (χ3v) is 11.5. The van der Waals surface area contributed by atoms with Crippen LogP contribution in [-0.4, -0.2) is 37.2 Å². The summed E-state index contributed by atoms with van der Waals surface area (Å²) in [5, 5.41) is 0. The second kappa shape index (κ2) is 60.3. The first-order valence-corrected chi connectivity index (χ1v) is 29.2. The fourth-order valence-electron chi connectivity index (χ4n) is 7.25.